The van der Waals surface area contributed by atoms with Crippen LogP contribution in [0, 0.1) is 0 Å². The predicted molar refractivity (Wildman–Crippen MR) is 374 cm³/mol. The first kappa shape index (κ1) is 86.2. The van der Waals surface area contributed by atoms with Crippen molar-refractivity contribution in [2.45, 2.75) is 362 Å². The van der Waals surface area contributed by atoms with Gasteiger partial charge in [0.25, 0.3) is 0 Å². The third-order valence-corrected chi connectivity index (χ3v) is 18.2. The minimum atomic E-state index is -1.99. The van der Waals surface area contributed by atoms with Crippen molar-refractivity contribution in [3.05, 3.63) is 85.1 Å². The normalized spacial score (nSPS) is 27.7. The van der Waals surface area contributed by atoms with Crippen LogP contribution in [-0.4, -0.2) is 193 Å². The zero-order chi connectivity index (χ0) is 68.9. The zero-order valence-corrected chi connectivity index (χ0v) is 58.4. The highest BCUT2D eigenvalue weighted by Gasteiger charge is 2.53. The first-order chi connectivity index (χ1) is 46.3. The predicted octanol–water partition coefficient (Wildman–Crippen LogP) is 11.1. The molecule has 95 heavy (non-hydrogen) atoms. The van der Waals surface area contributed by atoms with Crippen LogP contribution < -0.4 is 5.32 Å². The van der Waals surface area contributed by atoms with Gasteiger partial charge in [-0.25, -0.2) is 0 Å². The molecule has 0 radical (unpaired) electrons. The largest absolute Gasteiger partial charge is 0.394 e. The van der Waals surface area contributed by atoms with Gasteiger partial charge in [0, 0.05) is 6.42 Å². The molecule has 0 aromatic heterocycles. The molecule has 0 aromatic carbocycles. The van der Waals surface area contributed by atoms with Crippen LogP contribution in [0.3, 0.4) is 0 Å². The van der Waals surface area contributed by atoms with E-state index in [-0.39, 0.29) is 18.9 Å². The summed E-state index contributed by atoms with van der Waals surface area (Å²) in [5, 5.41) is 121. The van der Waals surface area contributed by atoms with E-state index < -0.39 is 124 Å². The molecule has 0 bridgehead atoms. The lowest BCUT2D eigenvalue weighted by atomic mass is 9.96. The molecule has 19 nitrogen and oxygen atoms in total. The Labute approximate surface area is 571 Å². The standard InChI is InChI=1S/C76H133NO18/c1-3-5-7-9-11-13-15-17-19-21-23-24-25-26-27-28-29-30-31-32-33-34-36-37-39-41-43-45-47-49-51-53-60(81)59(77-64(82)54-52-50-48-46-44-42-40-38-35-22-20-18-16-14-12-10-8-6-4-2)58-90-74-70(88)67(85)72(62(56-79)92-74)95-76-71(89)68(86)73(63(57-80)93-76)94-75-69(87)66(84)65(83)61(55-78)91-75/h6,8,12,14,18,20,35-38,43,45,51,53,59-63,65-76,78-81,83-89H,3-5,7,9-11,13,15-17,19,21-34,39-42,44,46-50,52,54-58H2,1-2H3,(H,77,82)/b8-6-,14-12-,20-18-,37-36+,38-35-,45-43+,53-51+. The quantitative estimate of drug-likeness (QED) is 0.0199. The number of nitrogens with one attached hydrogen (secondary N) is 1. The van der Waals surface area contributed by atoms with Crippen LogP contribution in [0.1, 0.15) is 258 Å². The lowest BCUT2D eigenvalue weighted by molar-refractivity contribution is -0.379. The third kappa shape index (κ3) is 37.8. The molecular formula is C76H133NO18. The maximum atomic E-state index is 13.4. The van der Waals surface area contributed by atoms with E-state index in [9.17, 15) is 61.0 Å². The number of rotatable bonds is 57. The lowest BCUT2D eigenvalue weighted by Crippen LogP contribution is -2.66. The Morgan fingerprint density at radius 1 is 0.389 bits per heavy atom. The van der Waals surface area contributed by atoms with E-state index in [2.05, 4.69) is 92.1 Å². The summed E-state index contributed by atoms with van der Waals surface area (Å²) in [5.41, 5.74) is 0. The first-order valence-electron chi connectivity index (χ1n) is 37.3. The molecule has 1 amide bonds. The van der Waals surface area contributed by atoms with Crippen molar-refractivity contribution in [2.75, 3.05) is 26.4 Å². The van der Waals surface area contributed by atoms with Crippen LogP contribution in [0.4, 0.5) is 0 Å². The van der Waals surface area contributed by atoms with Gasteiger partial charge in [0.05, 0.1) is 38.6 Å². The van der Waals surface area contributed by atoms with Crippen LogP contribution >= 0.6 is 0 Å². The van der Waals surface area contributed by atoms with E-state index in [4.69, 9.17) is 28.4 Å². The Bertz CT molecular complexity index is 2050. The molecule has 19 heteroatoms. The number of allylic oxidation sites excluding steroid dienone is 13. The number of aliphatic hydroxyl groups is 11. The van der Waals surface area contributed by atoms with Crippen LogP contribution in [0.2, 0.25) is 0 Å². The highest BCUT2D eigenvalue weighted by atomic mass is 16.8. The highest BCUT2D eigenvalue weighted by molar-refractivity contribution is 5.76. The second kappa shape index (κ2) is 56.7. The molecule has 3 rings (SSSR count). The minimum absolute atomic E-state index is 0.211. The number of amides is 1. The summed E-state index contributed by atoms with van der Waals surface area (Å²) in [6.45, 7) is 1.59. The van der Waals surface area contributed by atoms with Crippen molar-refractivity contribution >= 4 is 5.91 Å². The summed E-state index contributed by atoms with van der Waals surface area (Å²) < 4.78 is 34.3. The molecule has 3 saturated heterocycles. The molecule has 0 saturated carbocycles. The summed E-state index contributed by atoms with van der Waals surface area (Å²) >= 11 is 0. The van der Waals surface area contributed by atoms with Gasteiger partial charge in [-0.05, 0) is 83.5 Å². The van der Waals surface area contributed by atoms with Crippen LogP contribution in [-0.2, 0) is 33.2 Å². The maximum Gasteiger partial charge on any atom is 0.220 e. The molecule has 550 valence electrons. The van der Waals surface area contributed by atoms with Gasteiger partial charge >= 0.3 is 0 Å². The lowest BCUT2D eigenvalue weighted by Gasteiger charge is -2.48. The average Bonchev–Trinajstić information content (AvgIpc) is 0.787. The van der Waals surface area contributed by atoms with Gasteiger partial charge < -0.3 is 89.9 Å². The fraction of sp³-hybridized carbons (Fsp3) is 0.803. The van der Waals surface area contributed by atoms with Gasteiger partial charge in [-0.15, -0.1) is 0 Å². The van der Waals surface area contributed by atoms with Gasteiger partial charge in [-0.3, -0.25) is 4.79 Å². The Hall–Kier alpha value is -3.03. The SMILES string of the molecule is CC/C=C\C/C=C\C/C=C\C/C=C\CCCCCCCCC(=O)NC(COC1OC(CO)C(OC2OC(CO)C(OC3OC(CO)C(O)C(O)C3O)C(O)C2O)C(O)C1O)C(O)/C=C/CC/C=C/CC/C=C/CCCCCCCCCCCCCCCCCCCCCCC. The molecule has 3 aliphatic heterocycles. The number of carbonyl (C=O) groups excluding carboxylic acids is 1. The van der Waals surface area contributed by atoms with Gasteiger partial charge in [0.15, 0.2) is 18.9 Å². The van der Waals surface area contributed by atoms with E-state index in [1.165, 1.54) is 135 Å². The topological polar surface area (TPSA) is 307 Å². The summed E-state index contributed by atoms with van der Waals surface area (Å²) in [7, 11) is 0. The second-order valence-electron chi connectivity index (χ2n) is 26.4. The van der Waals surface area contributed by atoms with Crippen LogP contribution in [0.25, 0.3) is 0 Å². The molecule has 17 atom stereocenters. The van der Waals surface area contributed by atoms with E-state index in [0.29, 0.717) is 12.8 Å². The Morgan fingerprint density at radius 2 is 0.737 bits per heavy atom. The van der Waals surface area contributed by atoms with Crippen molar-refractivity contribution in [1.82, 2.24) is 5.32 Å². The van der Waals surface area contributed by atoms with Gasteiger partial charge in [0.1, 0.15) is 73.2 Å². The number of hydrogen-bond acceptors (Lipinski definition) is 18. The summed E-state index contributed by atoms with van der Waals surface area (Å²) in [6, 6.07) is -1.01. The highest BCUT2D eigenvalue weighted by Crippen LogP contribution is 2.33. The molecule has 12 N–H and O–H groups in total. The Morgan fingerprint density at radius 3 is 1.18 bits per heavy atom. The smallest absolute Gasteiger partial charge is 0.220 e. The average molecular weight is 1350 g/mol. The molecule has 3 heterocycles. The maximum absolute atomic E-state index is 13.4. The van der Waals surface area contributed by atoms with Crippen LogP contribution in [0.5, 0.6) is 0 Å². The van der Waals surface area contributed by atoms with Crippen molar-refractivity contribution in [3.63, 3.8) is 0 Å². The second-order valence-corrected chi connectivity index (χ2v) is 26.4. The summed E-state index contributed by atoms with van der Waals surface area (Å²) in [6.07, 6.45) is 47.2. The van der Waals surface area contributed by atoms with Crippen molar-refractivity contribution in [3.8, 4) is 0 Å². The van der Waals surface area contributed by atoms with E-state index >= 15 is 0 Å². The number of aliphatic hydroxyl groups excluding tert-OH is 11. The Balaban J connectivity index is 1.42. The minimum Gasteiger partial charge on any atom is -0.394 e. The first-order valence-corrected chi connectivity index (χ1v) is 37.3. The number of unbranched alkanes of at least 4 members (excludes halogenated alkanes) is 29. The molecule has 3 fully saturated rings. The van der Waals surface area contributed by atoms with Crippen LogP contribution in [0.15, 0.2) is 85.1 Å². The van der Waals surface area contributed by atoms with Gasteiger partial charge in [0.2, 0.25) is 5.91 Å². The van der Waals surface area contributed by atoms with Crippen molar-refractivity contribution in [1.29, 1.82) is 0 Å². The zero-order valence-electron chi connectivity index (χ0n) is 58.4. The summed E-state index contributed by atoms with van der Waals surface area (Å²) in [5.74, 6) is -0.305. The molecule has 0 spiro atoms. The number of hydrogen-bond donors (Lipinski definition) is 12. The van der Waals surface area contributed by atoms with Crippen molar-refractivity contribution < 1.29 is 89.4 Å². The van der Waals surface area contributed by atoms with Gasteiger partial charge in [-0.1, -0.05) is 253 Å². The van der Waals surface area contributed by atoms with Crippen molar-refractivity contribution in [2.24, 2.45) is 0 Å². The molecule has 17 unspecified atom stereocenters. The van der Waals surface area contributed by atoms with E-state index in [1.807, 2.05) is 6.08 Å². The molecule has 0 aliphatic carbocycles. The monoisotopic (exact) mass is 1350 g/mol. The number of carbonyl (C=O) groups is 1. The fourth-order valence-corrected chi connectivity index (χ4v) is 12.2. The molecule has 3 aliphatic rings. The Kier molecular flexibility index (Phi) is 51.4. The third-order valence-electron chi connectivity index (χ3n) is 18.2. The van der Waals surface area contributed by atoms with E-state index in [0.717, 1.165) is 89.9 Å². The summed E-state index contributed by atoms with van der Waals surface area (Å²) in [4.78, 5) is 13.4. The fourth-order valence-electron chi connectivity index (χ4n) is 12.2. The number of ether oxygens (including phenoxy) is 6. The van der Waals surface area contributed by atoms with Gasteiger partial charge in [-0.2, -0.15) is 0 Å². The van der Waals surface area contributed by atoms with E-state index in [1.54, 1.807) is 6.08 Å². The molecule has 0 aromatic rings. The molecular weight excluding hydrogens is 1210 g/mol.